The smallest absolute Gasteiger partial charge is 0.262 e. The van der Waals surface area contributed by atoms with Crippen molar-refractivity contribution in [3.05, 3.63) is 46.3 Å². The van der Waals surface area contributed by atoms with Crippen LogP contribution < -0.4 is 5.56 Å². The van der Waals surface area contributed by atoms with Gasteiger partial charge in [0.1, 0.15) is 0 Å². The van der Waals surface area contributed by atoms with Gasteiger partial charge < -0.3 is 4.52 Å². The molecule has 4 rings (SSSR count). The first kappa shape index (κ1) is 18.2. The first-order chi connectivity index (χ1) is 13.3. The average Bonchev–Trinajstić information content (AvgIpc) is 3.37. The Morgan fingerprint density at radius 1 is 1.22 bits per heavy atom. The van der Waals surface area contributed by atoms with Crippen LogP contribution in [0.1, 0.15) is 63.2 Å². The molecular weight excluding hydrogens is 360 g/mol. The van der Waals surface area contributed by atoms with Crippen LogP contribution >= 0.6 is 11.8 Å². The minimum absolute atomic E-state index is 0.0594. The zero-order valence-electron chi connectivity index (χ0n) is 15.6. The van der Waals surface area contributed by atoms with Crippen LogP contribution in [0.25, 0.3) is 10.9 Å². The van der Waals surface area contributed by atoms with Gasteiger partial charge in [-0.2, -0.15) is 4.98 Å². The molecule has 0 bridgehead atoms. The van der Waals surface area contributed by atoms with Gasteiger partial charge in [-0.15, -0.1) is 0 Å². The highest BCUT2D eigenvalue weighted by Gasteiger charge is 2.23. The lowest BCUT2D eigenvalue weighted by atomic mass is 10.2. The SMILES string of the molecule is CCCCc1noc(CSc2nc3ccccc3c(=O)n2C2CCCC2)n1. The van der Waals surface area contributed by atoms with Crippen molar-refractivity contribution in [3.63, 3.8) is 0 Å². The predicted molar refractivity (Wildman–Crippen MR) is 106 cm³/mol. The lowest BCUT2D eigenvalue weighted by Crippen LogP contribution is -2.26. The van der Waals surface area contributed by atoms with E-state index in [1.165, 1.54) is 24.6 Å². The predicted octanol–water partition coefficient (Wildman–Crippen LogP) is 4.53. The second-order valence-corrected chi connectivity index (χ2v) is 7.96. The van der Waals surface area contributed by atoms with E-state index in [1.807, 2.05) is 28.8 Å². The van der Waals surface area contributed by atoms with Crippen LogP contribution in [0.3, 0.4) is 0 Å². The summed E-state index contributed by atoms with van der Waals surface area (Å²) in [5.41, 5.74) is 0.803. The highest BCUT2D eigenvalue weighted by Crippen LogP contribution is 2.32. The molecule has 0 amide bonds. The van der Waals surface area contributed by atoms with Crippen LogP contribution in [0.15, 0.2) is 38.7 Å². The standard InChI is InChI=1S/C20H24N4O2S/c1-2-3-12-17-22-18(26-23-17)13-27-20-21-16-11-7-6-10-15(16)19(25)24(20)14-8-4-5-9-14/h6-7,10-11,14H,2-5,8-9,12-13H2,1H3. The molecule has 0 radical (unpaired) electrons. The molecule has 0 aliphatic heterocycles. The van der Waals surface area contributed by atoms with Gasteiger partial charge in [-0.25, -0.2) is 4.98 Å². The molecule has 1 aliphatic rings. The number of benzene rings is 1. The van der Waals surface area contributed by atoms with Crippen LogP contribution in [-0.2, 0) is 12.2 Å². The Hall–Kier alpha value is -2.15. The first-order valence-electron chi connectivity index (χ1n) is 9.72. The van der Waals surface area contributed by atoms with E-state index in [0.29, 0.717) is 17.0 Å². The lowest BCUT2D eigenvalue weighted by Gasteiger charge is -2.18. The molecule has 0 unspecified atom stereocenters. The monoisotopic (exact) mass is 384 g/mol. The maximum Gasteiger partial charge on any atom is 0.262 e. The number of para-hydroxylation sites is 1. The fourth-order valence-corrected chi connectivity index (χ4v) is 4.53. The van der Waals surface area contributed by atoms with E-state index >= 15 is 0 Å². The molecule has 1 fully saturated rings. The molecule has 0 spiro atoms. The second-order valence-electron chi connectivity index (χ2n) is 7.02. The molecule has 1 saturated carbocycles. The quantitative estimate of drug-likeness (QED) is 0.440. The molecule has 1 aliphatic carbocycles. The summed E-state index contributed by atoms with van der Waals surface area (Å²) in [5, 5.41) is 5.48. The third-order valence-electron chi connectivity index (χ3n) is 5.05. The summed E-state index contributed by atoms with van der Waals surface area (Å²) in [5.74, 6) is 1.87. The van der Waals surface area contributed by atoms with E-state index < -0.39 is 0 Å². The Balaban J connectivity index is 1.62. The topological polar surface area (TPSA) is 73.8 Å². The van der Waals surface area contributed by atoms with Crippen molar-refractivity contribution in [2.24, 2.45) is 0 Å². The van der Waals surface area contributed by atoms with E-state index in [0.717, 1.165) is 48.6 Å². The molecule has 6 nitrogen and oxygen atoms in total. The van der Waals surface area contributed by atoms with Gasteiger partial charge in [-0.05, 0) is 31.4 Å². The molecule has 7 heteroatoms. The molecule has 2 heterocycles. The molecule has 0 saturated heterocycles. The molecular formula is C20H24N4O2S. The zero-order valence-corrected chi connectivity index (χ0v) is 16.4. The molecule has 0 atom stereocenters. The number of aromatic nitrogens is 4. The van der Waals surface area contributed by atoms with Crippen molar-refractivity contribution in [3.8, 4) is 0 Å². The number of fused-ring (bicyclic) bond motifs is 1. The maximum atomic E-state index is 13.1. The number of nitrogens with zero attached hydrogens (tertiary/aromatic N) is 4. The van der Waals surface area contributed by atoms with Crippen LogP contribution in [0, 0.1) is 0 Å². The van der Waals surface area contributed by atoms with Crippen molar-refractivity contribution in [1.82, 2.24) is 19.7 Å². The van der Waals surface area contributed by atoms with Gasteiger partial charge in [0, 0.05) is 12.5 Å². The van der Waals surface area contributed by atoms with Crippen LogP contribution in [0.5, 0.6) is 0 Å². The average molecular weight is 385 g/mol. The van der Waals surface area contributed by atoms with Crippen molar-refractivity contribution in [2.75, 3.05) is 0 Å². The minimum Gasteiger partial charge on any atom is -0.338 e. The van der Waals surface area contributed by atoms with Crippen molar-refractivity contribution in [2.45, 2.75) is 68.8 Å². The van der Waals surface area contributed by atoms with E-state index in [2.05, 4.69) is 17.1 Å². The minimum atomic E-state index is 0.0594. The van der Waals surface area contributed by atoms with Crippen LogP contribution in [0.2, 0.25) is 0 Å². The molecule has 0 N–H and O–H groups in total. The Bertz CT molecular complexity index is 976. The van der Waals surface area contributed by atoms with Crippen molar-refractivity contribution in [1.29, 1.82) is 0 Å². The number of rotatable bonds is 7. The largest absolute Gasteiger partial charge is 0.338 e. The van der Waals surface area contributed by atoms with Gasteiger partial charge in [-0.3, -0.25) is 9.36 Å². The maximum absolute atomic E-state index is 13.1. The summed E-state index contributed by atoms with van der Waals surface area (Å²) in [6.07, 6.45) is 7.40. The fourth-order valence-electron chi connectivity index (χ4n) is 3.62. The number of unbranched alkanes of at least 4 members (excludes halogenated alkanes) is 1. The van der Waals surface area contributed by atoms with Gasteiger partial charge >= 0.3 is 0 Å². The van der Waals surface area contributed by atoms with Gasteiger partial charge in [0.25, 0.3) is 5.56 Å². The van der Waals surface area contributed by atoms with Crippen molar-refractivity contribution >= 4 is 22.7 Å². The highest BCUT2D eigenvalue weighted by molar-refractivity contribution is 7.98. The second kappa shape index (κ2) is 8.25. The van der Waals surface area contributed by atoms with E-state index in [-0.39, 0.29) is 11.6 Å². The summed E-state index contributed by atoms with van der Waals surface area (Å²) < 4.78 is 7.27. The Morgan fingerprint density at radius 3 is 2.85 bits per heavy atom. The lowest BCUT2D eigenvalue weighted by molar-refractivity contribution is 0.384. The van der Waals surface area contributed by atoms with Crippen LogP contribution in [0.4, 0.5) is 0 Å². The Morgan fingerprint density at radius 2 is 2.04 bits per heavy atom. The molecule has 3 aromatic rings. The third kappa shape index (κ3) is 3.93. The fraction of sp³-hybridized carbons (Fsp3) is 0.500. The summed E-state index contributed by atoms with van der Waals surface area (Å²) in [4.78, 5) is 22.4. The highest BCUT2D eigenvalue weighted by atomic mass is 32.2. The molecule has 1 aromatic carbocycles. The number of thioether (sulfide) groups is 1. The van der Waals surface area contributed by atoms with E-state index in [1.54, 1.807) is 0 Å². The number of aryl methyl sites for hydroxylation is 1. The number of hydrogen-bond acceptors (Lipinski definition) is 6. The zero-order chi connectivity index (χ0) is 18.6. The Labute approximate surface area is 162 Å². The van der Waals surface area contributed by atoms with E-state index in [4.69, 9.17) is 9.51 Å². The van der Waals surface area contributed by atoms with Crippen LogP contribution in [-0.4, -0.2) is 19.7 Å². The first-order valence-corrected chi connectivity index (χ1v) is 10.7. The molecule has 27 heavy (non-hydrogen) atoms. The number of hydrogen-bond donors (Lipinski definition) is 0. The summed E-state index contributed by atoms with van der Waals surface area (Å²) in [6, 6.07) is 7.81. The van der Waals surface area contributed by atoms with Gasteiger partial charge in [0.05, 0.1) is 16.7 Å². The normalized spacial score (nSPS) is 15.0. The van der Waals surface area contributed by atoms with E-state index in [9.17, 15) is 4.79 Å². The third-order valence-corrected chi connectivity index (χ3v) is 5.99. The molecule has 2 aromatic heterocycles. The van der Waals surface area contributed by atoms with Gasteiger partial charge in [0.2, 0.25) is 5.89 Å². The summed E-state index contributed by atoms with van der Waals surface area (Å²) in [7, 11) is 0. The van der Waals surface area contributed by atoms with Gasteiger partial charge in [0.15, 0.2) is 11.0 Å². The van der Waals surface area contributed by atoms with Gasteiger partial charge in [-0.1, -0.05) is 55.2 Å². The summed E-state index contributed by atoms with van der Waals surface area (Å²) >= 11 is 1.51. The molecule has 142 valence electrons. The Kier molecular flexibility index (Phi) is 5.57. The van der Waals surface area contributed by atoms with Crippen molar-refractivity contribution < 1.29 is 4.52 Å². The summed E-state index contributed by atoms with van der Waals surface area (Å²) in [6.45, 7) is 2.14.